The quantitative estimate of drug-likeness (QED) is 0.947. The standard InChI is InChI=1S/C13H14BrN3O/c1-3-10-8-12(17(2)16-10)13(18)15-11-6-4-9(14)5-7-11/h4-8H,3H2,1-2H3,(H,15,18). The van der Waals surface area contributed by atoms with Crippen LogP contribution in [0.25, 0.3) is 0 Å². The molecular weight excluding hydrogens is 294 g/mol. The van der Waals surface area contributed by atoms with E-state index in [1.807, 2.05) is 37.3 Å². The second-order valence-corrected chi connectivity index (χ2v) is 4.87. The van der Waals surface area contributed by atoms with E-state index in [0.29, 0.717) is 5.69 Å². The molecule has 1 aromatic carbocycles. The molecule has 94 valence electrons. The molecule has 0 fully saturated rings. The minimum absolute atomic E-state index is 0.146. The van der Waals surface area contributed by atoms with Gasteiger partial charge in [0.1, 0.15) is 5.69 Å². The van der Waals surface area contributed by atoms with Crippen molar-refractivity contribution < 1.29 is 4.79 Å². The Labute approximate surface area is 114 Å². The Balaban J connectivity index is 2.16. The summed E-state index contributed by atoms with van der Waals surface area (Å²) in [5.74, 6) is -0.146. The molecule has 1 aromatic heterocycles. The fourth-order valence-corrected chi connectivity index (χ4v) is 1.90. The van der Waals surface area contributed by atoms with Crippen LogP contribution in [0.3, 0.4) is 0 Å². The van der Waals surface area contributed by atoms with E-state index in [4.69, 9.17) is 0 Å². The highest BCUT2D eigenvalue weighted by atomic mass is 79.9. The summed E-state index contributed by atoms with van der Waals surface area (Å²) in [6.07, 6.45) is 0.819. The average Bonchev–Trinajstić information content (AvgIpc) is 2.73. The van der Waals surface area contributed by atoms with E-state index >= 15 is 0 Å². The third-order valence-corrected chi connectivity index (χ3v) is 3.16. The number of anilines is 1. The second kappa shape index (κ2) is 5.35. The van der Waals surface area contributed by atoms with Gasteiger partial charge in [-0.05, 0) is 36.8 Å². The number of nitrogens with one attached hydrogen (secondary N) is 1. The predicted molar refractivity (Wildman–Crippen MR) is 74.7 cm³/mol. The van der Waals surface area contributed by atoms with Crippen molar-refractivity contribution in [3.05, 3.63) is 46.2 Å². The first kappa shape index (κ1) is 12.8. The summed E-state index contributed by atoms with van der Waals surface area (Å²) < 4.78 is 2.59. The van der Waals surface area contributed by atoms with E-state index < -0.39 is 0 Å². The first-order chi connectivity index (χ1) is 8.60. The molecule has 0 aliphatic carbocycles. The van der Waals surface area contributed by atoms with E-state index in [0.717, 1.165) is 22.3 Å². The highest BCUT2D eigenvalue weighted by Crippen LogP contribution is 2.15. The first-order valence-electron chi connectivity index (χ1n) is 5.70. The van der Waals surface area contributed by atoms with Gasteiger partial charge in [0.05, 0.1) is 5.69 Å². The zero-order chi connectivity index (χ0) is 13.1. The molecule has 1 heterocycles. The summed E-state index contributed by atoms with van der Waals surface area (Å²) in [7, 11) is 1.77. The predicted octanol–water partition coefficient (Wildman–Crippen LogP) is 3.00. The number of hydrogen-bond donors (Lipinski definition) is 1. The van der Waals surface area contributed by atoms with Crippen LogP contribution in [0.15, 0.2) is 34.8 Å². The van der Waals surface area contributed by atoms with Crippen LogP contribution in [0.2, 0.25) is 0 Å². The number of aromatic nitrogens is 2. The fraction of sp³-hybridized carbons (Fsp3) is 0.231. The maximum absolute atomic E-state index is 12.1. The summed E-state index contributed by atoms with van der Waals surface area (Å²) >= 11 is 3.35. The van der Waals surface area contributed by atoms with E-state index in [-0.39, 0.29) is 5.91 Å². The van der Waals surface area contributed by atoms with E-state index in [9.17, 15) is 4.79 Å². The number of carbonyl (C=O) groups is 1. The number of hydrogen-bond acceptors (Lipinski definition) is 2. The summed E-state index contributed by atoms with van der Waals surface area (Å²) in [6.45, 7) is 2.01. The smallest absolute Gasteiger partial charge is 0.273 e. The SMILES string of the molecule is CCc1cc(C(=O)Nc2ccc(Br)cc2)n(C)n1. The Kier molecular flexibility index (Phi) is 3.81. The van der Waals surface area contributed by atoms with Gasteiger partial charge >= 0.3 is 0 Å². The lowest BCUT2D eigenvalue weighted by Gasteiger charge is -2.05. The topological polar surface area (TPSA) is 46.9 Å². The highest BCUT2D eigenvalue weighted by molar-refractivity contribution is 9.10. The number of halogens is 1. The molecule has 4 nitrogen and oxygen atoms in total. The molecule has 18 heavy (non-hydrogen) atoms. The van der Waals surface area contributed by atoms with Gasteiger partial charge in [0.15, 0.2) is 0 Å². The van der Waals surface area contributed by atoms with Gasteiger partial charge in [-0.1, -0.05) is 22.9 Å². The van der Waals surface area contributed by atoms with Crippen molar-refractivity contribution in [2.75, 3.05) is 5.32 Å². The van der Waals surface area contributed by atoms with Crippen LogP contribution in [0, 0.1) is 0 Å². The summed E-state index contributed by atoms with van der Waals surface area (Å²) in [4.78, 5) is 12.1. The van der Waals surface area contributed by atoms with Crippen molar-refractivity contribution in [3.63, 3.8) is 0 Å². The molecule has 0 atom stereocenters. The molecule has 0 saturated carbocycles. The van der Waals surface area contributed by atoms with Gasteiger partial charge in [-0.3, -0.25) is 9.48 Å². The molecule has 0 radical (unpaired) electrons. The van der Waals surface area contributed by atoms with Gasteiger partial charge < -0.3 is 5.32 Å². The Bertz CT molecular complexity index is 560. The lowest BCUT2D eigenvalue weighted by atomic mass is 10.2. The molecule has 0 saturated heterocycles. The largest absolute Gasteiger partial charge is 0.321 e. The Morgan fingerprint density at radius 1 is 1.39 bits per heavy atom. The van der Waals surface area contributed by atoms with Gasteiger partial charge in [-0.2, -0.15) is 5.10 Å². The summed E-state index contributed by atoms with van der Waals surface area (Å²) in [6, 6.07) is 9.28. The molecule has 0 unspecified atom stereocenters. The van der Waals surface area contributed by atoms with Crippen molar-refractivity contribution >= 4 is 27.5 Å². The third-order valence-electron chi connectivity index (χ3n) is 2.63. The molecular formula is C13H14BrN3O. The lowest BCUT2D eigenvalue weighted by molar-refractivity contribution is 0.101. The van der Waals surface area contributed by atoms with Crippen LogP contribution in [-0.4, -0.2) is 15.7 Å². The molecule has 0 aliphatic heterocycles. The molecule has 2 rings (SSSR count). The van der Waals surface area contributed by atoms with Gasteiger partial charge in [0, 0.05) is 17.2 Å². The van der Waals surface area contributed by atoms with Crippen LogP contribution in [0.4, 0.5) is 5.69 Å². The average molecular weight is 308 g/mol. The van der Waals surface area contributed by atoms with Crippen molar-refractivity contribution in [1.29, 1.82) is 0 Å². The fourth-order valence-electron chi connectivity index (χ4n) is 1.64. The summed E-state index contributed by atoms with van der Waals surface area (Å²) in [5.41, 5.74) is 2.25. The van der Waals surface area contributed by atoms with Crippen LogP contribution in [0.1, 0.15) is 23.1 Å². The van der Waals surface area contributed by atoms with E-state index in [1.165, 1.54) is 0 Å². The van der Waals surface area contributed by atoms with Crippen molar-refractivity contribution in [2.45, 2.75) is 13.3 Å². The minimum atomic E-state index is -0.146. The van der Waals surface area contributed by atoms with Crippen molar-refractivity contribution in [3.8, 4) is 0 Å². The second-order valence-electron chi connectivity index (χ2n) is 3.96. The number of nitrogens with zero attached hydrogens (tertiary/aromatic N) is 2. The van der Waals surface area contributed by atoms with Crippen LogP contribution in [0.5, 0.6) is 0 Å². The number of aryl methyl sites for hydroxylation is 2. The molecule has 0 aliphatic rings. The van der Waals surface area contributed by atoms with Gasteiger partial charge in [-0.25, -0.2) is 0 Å². The lowest BCUT2D eigenvalue weighted by Crippen LogP contribution is -2.15. The Hall–Kier alpha value is -1.62. The number of carbonyl (C=O) groups excluding carboxylic acids is 1. The van der Waals surface area contributed by atoms with Gasteiger partial charge in [0.2, 0.25) is 0 Å². The van der Waals surface area contributed by atoms with Gasteiger partial charge in [0.25, 0.3) is 5.91 Å². The number of amides is 1. The van der Waals surface area contributed by atoms with E-state index in [2.05, 4.69) is 26.3 Å². The van der Waals surface area contributed by atoms with Crippen molar-refractivity contribution in [1.82, 2.24) is 9.78 Å². The molecule has 5 heteroatoms. The maximum atomic E-state index is 12.1. The molecule has 1 N–H and O–H groups in total. The van der Waals surface area contributed by atoms with Crippen LogP contribution >= 0.6 is 15.9 Å². The molecule has 1 amide bonds. The molecule has 0 spiro atoms. The van der Waals surface area contributed by atoms with E-state index in [1.54, 1.807) is 11.7 Å². The number of benzene rings is 1. The van der Waals surface area contributed by atoms with Crippen LogP contribution in [-0.2, 0) is 13.5 Å². The Morgan fingerprint density at radius 3 is 2.61 bits per heavy atom. The monoisotopic (exact) mass is 307 g/mol. The zero-order valence-corrected chi connectivity index (χ0v) is 11.9. The zero-order valence-electron chi connectivity index (χ0n) is 10.3. The van der Waals surface area contributed by atoms with Crippen LogP contribution < -0.4 is 5.32 Å². The van der Waals surface area contributed by atoms with Crippen molar-refractivity contribution in [2.24, 2.45) is 7.05 Å². The maximum Gasteiger partial charge on any atom is 0.273 e. The first-order valence-corrected chi connectivity index (χ1v) is 6.49. The molecule has 2 aromatic rings. The Morgan fingerprint density at radius 2 is 2.06 bits per heavy atom. The summed E-state index contributed by atoms with van der Waals surface area (Å²) in [5, 5.41) is 7.10. The minimum Gasteiger partial charge on any atom is -0.321 e. The normalized spacial score (nSPS) is 10.4. The molecule has 0 bridgehead atoms. The third kappa shape index (κ3) is 2.79. The highest BCUT2D eigenvalue weighted by Gasteiger charge is 2.12. The van der Waals surface area contributed by atoms with Gasteiger partial charge in [-0.15, -0.1) is 0 Å². The number of rotatable bonds is 3.